The number of benzene rings is 1. The van der Waals surface area contributed by atoms with Gasteiger partial charge in [-0.3, -0.25) is 4.79 Å². The standard InChI is InChI=1S/C14H18O3.CH4/c1-4-16-8-5-9-17-14-7-6-13(12(3)15)10-11(14)2;/h4,6-7,10H,1,5,8-9H2,2-3H3;1H4. The lowest BCUT2D eigenvalue weighted by Gasteiger charge is -2.09. The number of rotatable bonds is 7. The van der Waals surface area contributed by atoms with Crippen molar-refractivity contribution in [3.8, 4) is 5.75 Å². The van der Waals surface area contributed by atoms with Gasteiger partial charge in [0.15, 0.2) is 5.78 Å². The summed E-state index contributed by atoms with van der Waals surface area (Å²) in [4.78, 5) is 11.2. The SMILES string of the molecule is C.C=COCCCOc1ccc(C(C)=O)cc1C. The van der Waals surface area contributed by atoms with Crippen LogP contribution in [0.4, 0.5) is 0 Å². The highest BCUT2D eigenvalue weighted by Gasteiger charge is 2.04. The Hall–Kier alpha value is -1.77. The molecule has 0 heterocycles. The molecule has 1 aromatic carbocycles. The van der Waals surface area contributed by atoms with E-state index in [1.54, 1.807) is 13.0 Å². The maximum atomic E-state index is 11.2. The quantitative estimate of drug-likeness (QED) is 0.420. The van der Waals surface area contributed by atoms with E-state index in [4.69, 9.17) is 9.47 Å². The van der Waals surface area contributed by atoms with Crippen LogP contribution in [0.25, 0.3) is 0 Å². The smallest absolute Gasteiger partial charge is 0.159 e. The van der Waals surface area contributed by atoms with Gasteiger partial charge in [-0.05, 0) is 37.6 Å². The van der Waals surface area contributed by atoms with Gasteiger partial charge in [0.25, 0.3) is 0 Å². The largest absolute Gasteiger partial charge is 0.502 e. The first-order valence-electron chi connectivity index (χ1n) is 5.62. The molecular weight excluding hydrogens is 228 g/mol. The molecule has 0 spiro atoms. The number of ketones is 1. The van der Waals surface area contributed by atoms with E-state index in [-0.39, 0.29) is 13.2 Å². The molecule has 100 valence electrons. The third-order valence-corrected chi connectivity index (χ3v) is 2.36. The topological polar surface area (TPSA) is 35.5 Å². The van der Waals surface area contributed by atoms with Gasteiger partial charge in [-0.15, -0.1) is 0 Å². The Balaban J connectivity index is 0.00000289. The molecule has 0 N–H and O–H groups in total. The molecule has 0 radical (unpaired) electrons. The maximum absolute atomic E-state index is 11.2. The fourth-order valence-electron chi connectivity index (χ4n) is 1.44. The first-order chi connectivity index (χ1) is 8.15. The van der Waals surface area contributed by atoms with E-state index in [0.29, 0.717) is 18.8 Å². The van der Waals surface area contributed by atoms with Gasteiger partial charge in [0, 0.05) is 12.0 Å². The Morgan fingerprint density at radius 2 is 2.11 bits per heavy atom. The molecule has 3 heteroatoms. The lowest BCUT2D eigenvalue weighted by atomic mass is 10.1. The molecule has 0 atom stereocenters. The zero-order chi connectivity index (χ0) is 12.7. The molecule has 0 fully saturated rings. The van der Waals surface area contributed by atoms with Crippen LogP contribution in [0.1, 0.15) is 36.7 Å². The average Bonchev–Trinajstić information content (AvgIpc) is 2.30. The van der Waals surface area contributed by atoms with Crippen molar-refractivity contribution in [2.24, 2.45) is 0 Å². The Morgan fingerprint density at radius 3 is 2.67 bits per heavy atom. The number of Topliss-reactive ketones (excluding diaryl/α,β-unsaturated/α-hetero) is 1. The molecular formula is C15H22O3. The van der Waals surface area contributed by atoms with Crippen molar-refractivity contribution in [3.05, 3.63) is 42.2 Å². The van der Waals surface area contributed by atoms with Crippen molar-refractivity contribution in [1.82, 2.24) is 0 Å². The molecule has 0 aliphatic heterocycles. The summed E-state index contributed by atoms with van der Waals surface area (Å²) >= 11 is 0. The van der Waals surface area contributed by atoms with Crippen molar-refractivity contribution >= 4 is 5.78 Å². The highest BCUT2D eigenvalue weighted by molar-refractivity contribution is 5.94. The van der Waals surface area contributed by atoms with Gasteiger partial charge >= 0.3 is 0 Å². The van der Waals surface area contributed by atoms with E-state index in [2.05, 4.69) is 6.58 Å². The summed E-state index contributed by atoms with van der Waals surface area (Å²) in [5.41, 5.74) is 1.69. The monoisotopic (exact) mass is 250 g/mol. The first-order valence-corrected chi connectivity index (χ1v) is 5.62. The molecule has 0 saturated heterocycles. The second-order valence-electron chi connectivity index (χ2n) is 3.78. The van der Waals surface area contributed by atoms with Crippen LogP contribution in [0, 0.1) is 6.92 Å². The van der Waals surface area contributed by atoms with Gasteiger partial charge in [0.1, 0.15) is 5.75 Å². The minimum Gasteiger partial charge on any atom is -0.502 e. The van der Waals surface area contributed by atoms with Crippen molar-refractivity contribution in [1.29, 1.82) is 0 Å². The van der Waals surface area contributed by atoms with E-state index >= 15 is 0 Å². The molecule has 0 saturated carbocycles. The first kappa shape index (κ1) is 16.2. The van der Waals surface area contributed by atoms with Gasteiger partial charge < -0.3 is 9.47 Å². The van der Waals surface area contributed by atoms with E-state index in [9.17, 15) is 4.79 Å². The molecule has 0 unspecified atom stereocenters. The Morgan fingerprint density at radius 1 is 1.39 bits per heavy atom. The molecule has 1 rings (SSSR count). The molecule has 0 amide bonds. The van der Waals surface area contributed by atoms with Crippen LogP contribution in [0.15, 0.2) is 31.0 Å². The van der Waals surface area contributed by atoms with Crippen LogP contribution in [0.2, 0.25) is 0 Å². The lowest BCUT2D eigenvalue weighted by molar-refractivity contribution is 0.101. The molecule has 0 aliphatic carbocycles. The van der Waals surface area contributed by atoms with E-state index in [1.165, 1.54) is 6.26 Å². The summed E-state index contributed by atoms with van der Waals surface area (Å²) in [6, 6.07) is 5.46. The number of hydrogen-bond acceptors (Lipinski definition) is 3. The van der Waals surface area contributed by atoms with Gasteiger partial charge in [-0.1, -0.05) is 14.0 Å². The highest BCUT2D eigenvalue weighted by atomic mass is 16.5. The molecule has 0 aliphatic rings. The van der Waals surface area contributed by atoms with Gasteiger partial charge in [0.2, 0.25) is 0 Å². The Kier molecular flexibility index (Phi) is 7.52. The summed E-state index contributed by atoms with van der Waals surface area (Å²) < 4.78 is 10.6. The average molecular weight is 250 g/mol. The van der Waals surface area contributed by atoms with E-state index in [1.807, 2.05) is 19.1 Å². The summed E-state index contributed by atoms with van der Waals surface area (Å²) in [5, 5.41) is 0. The third kappa shape index (κ3) is 5.04. The molecule has 18 heavy (non-hydrogen) atoms. The minimum absolute atomic E-state index is 0. The number of carbonyl (C=O) groups is 1. The fraction of sp³-hybridized carbons (Fsp3) is 0.400. The lowest BCUT2D eigenvalue weighted by Crippen LogP contribution is -2.03. The number of aryl methyl sites for hydroxylation is 1. The summed E-state index contributed by atoms with van der Waals surface area (Å²) in [6.45, 7) is 8.15. The second kappa shape index (κ2) is 8.34. The van der Waals surface area contributed by atoms with Crippen LogP contribution < -0.4 is 4.74 Å². The number of carbonyl (C=O) groups excluding carboxylic acids is 1. The van der Waals surface area contributed by atoms with Gasteiger partial charge in [-0.25, -0.2) is 0 Å². The third-order valence-electron chi connectivity index (χ3n) is 2.36. The number of hydrogen-bond donors (Lipinski definition) is 0. The normalized spacial score (nSPS) is 9.22. The van der Waals surface area contributed by atoms with Crippen LogP contribution in [-0.4, -0.2) is 19.0 Å². The maximum Gasteiger partial charge on any atom is 0.159 e. The summed E-state index contributed by atoms with van der Waals surface area (Å²) in [6.07, 6.45) is 2.23. The van der Waals surface area contributed by atoms with E-state index < -0.39 is 0 Å². The molecule has 1 aromatic rings. The molecule has 0 aromatic heterocycles. The predicted octanol–water partition coefficient (Wildman–Crippen LogP) is 3.76. The predicted molar refractivity (Wildman–Crippen MR) is 74.2 cm³/mol. The molecule has 3 nitrogen and oxygen atoms in total. The number of ether oxygens (including phenoxy) is 2. The van der Waals surface area contributed by atoms with Crippen molar-refractivity contribution in [2.45, 2.75) is 27.7 Å². The van der Waals surface area contributed by atoms with Gasteiger partial charge in [0.05, 0.1) is 19.5 Å². The van der Waals surface area contributed by atoms with E-state index in [0.717, 1.165) is 17.7 Å². The van der Waals surface area contributed by atoms with Crippen LogP contribution in [0.5, 0.6) is 5.75 Å². The minimum atomic E-state index is 0. The summed E-state index contributed by atoms with van der Waals surface area (Å²) in [7, 11) is 0. The van der Waals surface area contributed by atoms with Crippen LogP contribution in [0.3, 0.4) is 0 Å². The van der Waals surface area contributed by atoms with Crippen molar-refractivity contribution in [2.75, 3.05) is 13.2 Å². The zero-order valence-corrected chi connectivity index (χ0v) is 10.4. The Bertz CT molecular complexity index is 397. The molecule has 0 bridgehead atoms. The van der Waals surface area contributed by atoms with Crippen LogP contribution >= 0.6 is 0 Å². The zero-order valence-electron chi connectivity index (χ0n) is 10.4. The fourth-order valence-corrected chi connectivity index (χ4v) is 1.44. The van der Waals surface area contributed by atoms with Crippen molar-refractivity contribution < 1.29 is 14.3 Å². The highest BCUT2D eigenvalue weighted by Crippen LogP contribution is 2.19. The second-order valence-corrected chi connectivity index (χ2v) is 3.78. The van der Waals surface area contributed by atoms with Gasteiger partial charge in [-0.2, -0.15) is 0 Å². The van der Waals surface area contributed by atoms with Crippen LogP contribution in [-0.2, 0) is 4.74 Å². The Labute approximate surface area is 109 Å². The van der Waals surface area contributed by atoms with Crippen molar-refractivity contribution in [3.63, 3.8) is 0 Å². The summed E-state index contributed by atoms with van der Waals surface area (Å²) in [5.74, 6) is 0.882.